The smallest absolute Gasteiger partial charge is 0.224 e. The van der Waals surface area contributed by atoms with Crippen molar-refractivity contribution in [2.45, 2.75) is 18.9 Å². The first-order valence-corrected chi connectivity index (χ1v) is 5.05. The topological polar surface area (TPSA) is 47.0 Å². The molecule has 1 fully saturated rings. The third-order valence-electron chi connectivity index (χ3n) is 2.14. The van der Waals surface area contributed by atoms with Gasteiger partial charge in [-0.25, -0.2) is 9.97 Å². The number of rotatable bonds is 2. The van der Waals surface area contributed by atoms with Crippen molar-refractivity contribution in [2.75, 3.05) is 18.5 Å². The van der Waals surface area contributed by atoms with Gasteiger partial charge < -0.3 is 10.1 Å². The van der Waals surface area contributed by atoms with E-state index in [-0.39, 0.29) is 5.28 Å². The Morgan fingerprint density at radius 1 is 1.57 bits per heavy atom. The van der Waals surface area contributed by atoms with E-state index in [0.29, 0.717) is 6.04 Å². The van der Waals surface area contributed by atoms with Crippen LogP contribution in [-0.4, -0.2) is 29.2 Å². The molecule has 1 unspecified atom stereocenters. The van der Waals surface area contributed by atoms with Crippen molar-refractivity contribution >= 4 is 17.4 Å². The molecule has 1 atom stereocenters. The van der Waals surface area contributed by atoms with Gasteiger partial charge in [-0.1, -0.05) is 0 Å². The highest BCUT2D eigenvalue weighted by molar-refractivity contribution is 6.28. The first kappa shape index (κ1) is 9.68. The number of aromatic nitrogens is 2. The number of hydrogen-bond acceptors (Lipinski definition) is 4. The molecule has 1 aromatic rings. The van der Waals surface area contributed by atoms with E-state index in [1.54, 1.807) is 12.3 Å². The molecule has 0 aromatic carbocycles. The van der Waals surface area contributed by atoms with Crippen LogP contribution in [0.1, 0.15) is 12.8 Å². The average molecular weight is 214 g/mol. The molecular weight excluding hydrogens is 202 g/mol. The van der Waals surface area contributed by atoms with Crippen LogP contribution in [0, 0.1) is 0 Å². The largest absolute Gasteiger partial charge is 0.379 e. The number of nitrogens with one attached hydrogen (secondary N) is 1. The lowest BCUT2D eigenvalue weighted by Gasteiger charge is -2.23. The van der Waals surface area contributed by atoms with Gasteiger partial charge in [-0.15, -0.1) is 0 Å². The molecule has 0 aliphatic carbocycles. The van der Waals surface area contributed by atoms with Crippen molar-refractivity contribution in [3.05, 3.63) is 17.5 Å². The summed E-state index contributed by atoms with van der Waals surface area (Å²) in [5.41, 5.74) is 0. The molecule has 0 saturated carbocycles. The molecule has 1 aliphatic rings. The predicted octanol–water partition coefficient (Wildman–Crippen LogP) is 1.72. The number of ether oxygens (including phenoxy) is 1. The molecule has 0 spiro atoms. The zero-order valence-electron chi connectivity index (χ0n) is 7.74. The van der Waals surface area contributed by atoms with E-state index in [9.17, 15) is 0 Å². The summed E-state index contributed by atoms with van der Waals surface area (Å²) < 4.78 is 5.35. The highest BCUT2D eigenvalue weighted by Gasteiger charge is 2.13. The summed E-state index contributed by atoms with van der Waals surface area (Å²) >= 11 is 5.67. The van der Waals surface area contributed by atoms with Crippen LogP contribution < -0.4 is 5.32 Å². The first-order valence-electron chi connectivity index (χ1n) is 4.67. The molecular formula is C9H12ClN3O. The second kappa shape index (κ2) is 4.57. The highest BCUT2D eigenvalue weighted by atomic mass is 35.5. The Morgan fingerprint density at radius 2 is 2.50 bits per heavy atom. The average Bonchev–Trinajstić information content (AvgIpc) is 2.19. The summed E-state index contributed by atoms with van der Waals surface area (Å²) in [4.78, 5) is 7.87. The standard InChI is InChI=1S/C9H12ClN3O/c10-9-11-4-3-8(13-9)12-7-2-1-5-14-6-7/h3-4,7H,1-2,5-6H2,(H,11,12,13). The molecule has 2 rings (SSSR count). The van der Waals surface area contributed by atoms with Gasteiger partial charge in [0.2, 0.25) is 5.28 Å². The fourth-order valence-electron chi connectivity index (χ4n) is 1.48. The van der Waals surface area contributed by atoms with Crippen LogP contribution in [0.2, 0.25) is 5.28 Å². The maximum atomic E-state index is 5.67. The molecule has 5 heteroatoms. The molecule has 4 nitrogen and oxygen atoms in total. The molecule has 2 heterocycles. The van der Waals surface area contributed by atoms with E-state index in [1.807, 2.05) is 0 Å². The summed E-state index contributed by atoms with van der Waals surface area (Å²) in [6.45, 7) is 1.60. The second-order valence-electron chi connectivity index (χ2n) is 3.27. The van der Waals surface area contributed by atoms with Gasteiger partial charge >= 0.3 is 0 Å². The molecule has 0 amide bonds. The highest BCUT2D eigenvalue weighted by Crippen LogP contribution is 2.13. The van der Waals surface area contributed by atoms with Gasteiger partial charge in [0.1, 0.15) is 5.82 Å². The molecule has 14 heavy (non-hydrogen) atoms. The number of nitrogens with zero attached hydrogens (tertiary/aromatic N) is 2. The quantitative estimate of drug-likeness (QED) is 0.760. The van der Waals surface area contributed by atoms with Gasteiger partial charge in [-0.3, -0.25) is 0 Å². The molecule has 1 saturated heterocycles. The van der Waals surface area contributed by atoms with Crippen LogP contribution in [0.25, 0.3) is 0 Å². The van der Waals surface area contributed by atoms with Crippen LogP contribution in [0.5, 0.6) is 0 Å². The first-order chi connectivity index (χ1) is 6.84. The van der Waals surface area contributed by atoms with Gasteiger partial charge in [0.25, 0.3) is 0 Å². The van der Waals surface area contributed by atoms with Crippen molar-refractivity contribution in [2.24, 2.45) is 0 Å². The second-order valence-corrected chi connectivity index (χ2v) is 3.61. The van der Waals surface area contributed by atoms with Crippen molar-refractivity contribution < 1.29 is 4.74 Å². The van der Waals surface area contributed by atoms with Gasteiger partial charge in [-0.05, 0) is 30.5 Å². The number of halogens is 1. The van der Waals surface area contributed by atoms with E-state index >= 15 is 0 Å². The van der Waals surface area contributed by atoms with Crippen LogP contribution in [0.4, 0.5) is 5.82 Å². The minimum atomic E-state index is 0.270. The van der Waals surface area contributed by atoms with Gasteiger partial charge in [-0.2, -0.15) is 0 Å². The molecule has 1 aliphatic heterocycles. The van der Waals surface area contributed by atoms with E-state index in [1.165, 1.54) is 0 Å². The summed E-state index contributed by atoms with van der Waals surface area (Å²) in [6, 6.07) is 2.15. The summed E-state index contributed by atoms with van der Waals surface area (Å²) in [6.07, 6.45) is 3.85. The number of hydrogen-bond donors (Lipinski definition) is 1. The van der Waals surface area contributed by atoms with Crippen LogP contribution >= 0.6 is 11.6 Å². The Hall–Kier alpha value is -0.870. The minimum Gasteiger partial charge on any atom is -0.379 e. The monoisotopic (exact) mass is 213 g/mol. The summed E-state index contributed by atoms with van der Waals surface area (Å²) in [7, 11) is 0. The molecule has 0 radical (unpaired) electrons. The van der Waals surface area contributed by atoms with Gasteiger partial charge in [0.05, 0.1) is 12.6 Å². The van der Waals surface area contributed by atoms with Crippen LogP contribution in [0.15, 0.2) is 12.3 Å². The van der Waals surface area contributed by atoms with Crippen molar-refractivity contribution in [3.63, 3.8) is 0 Å². The minimum absolute atomic E-state index is 0.270. The van der Waals surface area contributed by atoms with Crippen LogP contribution in [0.3, 0.4) is 0 Å². The lowest BCUT2D eigenvalue weighted by molar-refractivity contribution is 0.0875. The van der Waals surface area contributed by atoms with Crippen molar-refractivity contribution in [3.8, 4) is 0 Å². The van der Waals surface area contributed by atoms with E-state index in [2.05, 4.69) is 15.3 Å². The van der Waals surface area contributed by atoms with Gasteiger partial charge in [0, 0.05) is 12.8 Å². The third-order valence-corrected chi connectivity index (χ3v) is 2.32. The van der Waals surface area contributed by atoms with Crippen molar-refractivity contribution in [1.82, 2.24) is 9.97 Å². The zero-order valence-corrected chi connectivity index (χ0v) is 8.50. The Labute approximate surface area is 87.7 Å². The lowest BCUT2D eigenvalue weighted by atomic mass is 10.1. The summed E-state index contributed by atoms with van der Waals surface area (Å²) in [5.74, 6) is 0.764. The SMILES string of the molecule is Clc1nccc(NC2CCCOC2)n1. The van der Waals surface area contributed by atoms with Crippen molar-refractivity contribution in [1.29, 1.82) is 0 Å². The third kappa shape index (κ3) is 2.56. The maximum absolute atomic E-state index is 5.67. The molecule has 0 bridgehead atoms. The number of anilines is 1. The van der Waals surface area contributed by atoms with E-state index in [0.717, 1.165) is 31.9 Å². The Bertz CT molecular complexity index is 302. The fraction of sp³-hybridized carbons (Fsp3) is 0.556. The van der Waals surface area contributed by atoms with Crippen LogP contribution in [-0.2, 0) is 4.74 Å². The predicted molar refractivity (Wildman–Crippen MR) is 54.5 cm³/mol. The normalized spacial score (nSPS) is 21.9. The van der Waals surface area contributed by atoms with E-state index < -0.39 is 0 Å². The molecule has 76 valence electrons. The molecule has 1 aromatic heterocycles. The fourth-order valence-corrected chi connectivity index (χ4v) is 1.63. The maximum Gasteiger partial charge on any atom is 0.224 e. The zero-order chi connectivity index (χ0) is 9.80. The lowest BCUT2D eigenvalue weighted by Crippen LogP contribution is -2.30. The Kier molecular flexibility index (Phi) is 3.16. The summed E-state index contributed by atoms with van der Waals surface area (Å²) in [5, 5.41) is 3.53. The van der Waals surface area contributed by atoms with E-state index in [4.69, 9.17) is 16.3 Å². The Balaban J connectivity index is 1.95. The molecule has 1 N–H and O–H groups in total. The Morgan fingerprint density at radius 3 is 3.21 bits per heavy atom. The van der Waals surface area contributed by atoms with Gasteiger partial charge in [0.15, 0.2) is 0 Å².